The highest BCUT2D eigenvalue weighted by molar-refractivity contribution is 14.1. The Labute approximate surface area is 148 Å². The van der Waals surface area contributed by atoms with Crippen LogP contribution in [0.5, 0.6) is 0 Å². The van der Waals surface area contributed by atoms with Crippen LogP contribution in [0.2, 0.25) is 0 Å². The summed E-state index contributed by atoms with van der Waals surface area (Å²) in [6, 6.07) is 6.84. The molecule has 2 heteroatoms. The van der Waals surface area contributed by atoms with Crippen molar-refractivity contribution < 1.29 is 0 Å². The summed E-state index contributed by atoms with van der Waals surface area (Å²) in [4.78, 5) is 3.75. The quantitative estimate of drug-likeness (QED) is 0.377. The first-order chi connectivity index (χ1) is 10.8. The molecule has 0 spiro atoms. The number of benzene rings is 1. The number of nitrogens with one attached hydrogen (secondary N) is 1. The smallest absolute Gasteiger partial charge is 0.0459 e. The van der Waals surface area contributed by atoms with Gasteiger partial charge in [-0.15, -0.1) is 0 Å². The summed E-state index contributed by atoms with van der Waals surface area (Å²) >= 11 is 2.43. The third-order valence-corrected chi connectivity index (χ3v) is 5.87. The molecular weight excluding hydrogens is 381 g/mol. The maximum absolute atomic E-state index is 3.75. The Morgan fingerprint density at radius 3 is 2.82 bits per heavy atom. The van der Waals surface area contributed by atoms with Crippen molar-refractivity contribution in [3.8, 4) is 0 Å². The van der Waals surface area contributed by atoms with E-state index in [1.165, 1.54) is 78.7 Å². The molecule has 1 N–H and O–H groups in total. The standard InChI is InChI=1S/C20H28IN/c1-2-3-4-5-6-7-9-15-10-8-11-17-18-14-16(21)12-13-19(18)22-20(15)17/h12-15,22H,2-11H2,1H3. The number of fused-ring (bicyclic) bond motifs is 3. The van der Waals surface area contributed by atoms with Gasteiger partial charge in [-0.05, 0) is 78.0 Å². The lowest BCUT2D eigenvalue weighted by Crippen LogP contribution is -2.09. The van der Waals surface area contributed by atoms with Crippen molar-refractivity contribution in [3.05, 3.63) is 33.0 Å². The van der Waals surface area contributed by atoms with Crippen LogP contribution < -0.4 is 0 Å². The number of aromatic amines is 1. The van der Waals surface area contributed by atoms with Crippen molar-refractivity contribution in [2.24, 2.45) is 0 Å². The molecule has 22 heavy (non-hydrogen) atoms. The first-order valence-electron chi connectivity index (χ1n) is 9.09. The topological polar surface area (TPSA) is 15.8 Å². The van der Waals surface area contributed by atoms with Crippen LogP contribution in [0.15, 0.2) is 18.2 Å². The van der Waals surface area contributed by atoms with E-state index in [0.717, 1.165) is 5.92 Å². The highest BCUT2D eigenvalue weighted by Crippen LogP contribution is 2.39. The maximum atomic E-state index is 3.75. The van der Waals surface area contributed by atoms with E-state index in [9.17, 15) is 0 Å². The van der Waals surface area contributed by atoms with E-state index in [-0.39, 0.29) is 0 Å². The summed E-state index contributed by atoms with van der Waals surface area (Å²) in [6.45, 7) is 2.29. The summed E-state index contributed by atoms with van der Waals surface area (Å²) in [7, 11) is 0. The van der Waals surface area contributed by atoms with Crippen LogP contribution >= 0.6 is 22.6 Å². The fourth-order valence-electron chi connectivity index (χ4n) is 3.99. The molecule has 1 heterocycles. The zero-order valence-corrected chi connectivity index (χ0v) is 15.9. The molecule has 2 aromatic rings. The van der Waals surface area contributed by atoms with E-state index in [0.29, 0.717) is 0 Å². The van der Waals surface area contributed by atoms with Gasteiger partial charge < -0.3 is 4.98 Å². The zero-order chi connectivity index (χ0) is 15.4. The lowest BCUT2D eigenvalue weighted by atomic mass is 9.83. The van der Waals surface area contributed by atoms with Gasteiger partial charge in [0.05, 0.1) is 0 Å². The molecule has 1 aliphatic carbocycles. The van der Waals surface area contributed by atoms with Gasteiger partial charge >= 0.3 is 0 Å². The lowest BCUT2D eigenvalue weighted by molar-refractivity contribution is 0.478. The lowest BCUT2D eigenvalue weighted by Gasteiger charge is -2.22. The largest absolute Gasteiger partial charge is 0.358 e. The molecular formula is C20H28IN. The number of hydrogen-bond donors (Lipinski definition) is 1. The average molecular weight is 409 g/mol. The molecule has 0 radical (unpaired) electrons. The molecule has 0 amide bonds. The molecule has 1 atom stereocenters. The van der Waals surface area contributed by atoms with Gasteiger partial charge in [-0.2, -0.15) is 0 Å². The number of halogens is 1. The molecule has 0 saturated heterocycles. The minimum absolute atomic E-state index is 0.778. The van der Waals surface area contributed by atoms with Crippen molar-refractivity contribution in [2.45, 2.75) is 77.0 Å². The number of aromatic nitrogens is 1. The van der Waals surface area contributed by atoms with Crippen molar-refractivity contribution >= 4 is 33.5 Å². The maximum Gasteiger partial charge on any atom is 0.0459 e. The Kier molecular flexibility index (Phi) is 5.83. The molecule has 1 unspecified atom stereocenters. The van der Waals surface area contributed by atoms with Crippen molar-refractivity contribution in [1.82, 2.24) is 4.98 Å². The Morgan fingerprint density at radius 2 is 1.95 bits per heavy atom. The first kappa shape index (κ1) is 16.4. The van der Waals surface area contributed by atoms with Crippen molar-refractivity contribution in [3.63, 3.8) is 0 Å². The predicted octanol–water partition coefficient (Wildman–Crippen LogP) is 6.94. The Hall–Kier alpha value is -0.510. The fraction of sp³-hybridized carbons (Fsp3) is 0.600. The van der Waals surface area contributed by atoms with E-state index in [1.54, 1.807) is 11.3 Å². The van der Waals surface area contributed by atoms with E-state index < -0.39 is 0 Å². The van der Waals surface area contributed by atoms with Crippen LogP contribution in [-0.2, 0) is 6.42 Å². The van der Waals surface area contributed by atoms with Crippen LogP contribution in [0.4, 0.5) is 0 Å². The number of hydrogen-bond acceptors (Lipinski definition) is 0. The van der Waals surface area contributed by atoms with Crippen LogP contribution in [0.3, 0.4) is 0 Å². The molecule has 0 saturated carbocycles. The third-order valence-electron chi connectivity index (χ3n) is 5.19. The molecule has 0 aliphatic heterocycles. The van der Waals surface area contributed by atoms with Crippen molar-refractivity contribution in [2.75, 3.05) is 0 Å². The monoisotopic (exact) mass is 409 g/mol. The first-order valence-corrected chi connectivity index (χ1v) is 10.2. The molecule has 120 valence electrons. The van der Waals surface area contributed by atoms with Gasteiger partial charge in [0.1, 0.15) is 0 Å². The number of rotatable bonds is 7. The molecule has 3 rings (SSSR count). The minimum atomic E-state index is 0.778. The minimum Gasteiger partial charge on any atom is -0.358 e. The zero-order valence-electron chi connectivity index (χ0n) is 13.8. The Morgan fingerprint density at radius 1 is 1.14 bits per heavy atom. The van der Waals surface area contributed by atoms with Crippen LogP contribution in [-0.4, -0.2) is 4.98 Å². The Balaban J connectivity index is 1.65. The normalized spacial score (nSPS) is 17.8. The van der Waals surface area contributed by atoms with Crippen LogP contribution in [0.1, 0.15) is 81.9 Å². The van der Waals surface area contributed by atoms with Gasteiger partial charge in [0.2, 0.25) is 0 Å². The van der Waals surface area contributed by atoms with Gasteiger partial charge in [0, 0.05) is 20.2 Å². The number of aryl methyl sites for hydroxylation is 1. The molecule has 1 aliphatic rings. The number of H-pyrrole nitrogens is 1. The highest BCUT2D eigenvalue weighted by Gasteiger charge is 2.23. The molecule has 1 aromatic heterocycles. The van der Waals surface area contributed by atoms with E-state index in [2.05, 4.69) is 52.7 Å². The summed E-state index contributed by atoms with van der Waals surface area (Å²) in [5.74, 6) is 0.778. The number of unbranched alkanes of at least 4 members (excludes halogenated alkanes) is 5. The van der Waals surface area contributed by atoms with Gasteiger partial charge in [0.15, 0.2) is 0 Å². The summed E-state index contributed by atoms with van der Waals surface area (Å²) in [6.07, 6.45) is 13.8. The van der Waals surface area contributed by atoms with E-state index >= 15 is 0 Å². The molecule has 1 aromatic carbocycles. The van der Waals surface area contributed by atoms with E-state index in [4.69, 9.17) is 0 Å². The second kappa shape index (κ2) is 7.85. The highest BCUT2D eigenvalue weighted by atomic mass is 127. The van der Waals surface area contributed by atoms with Crippen LogP contribution in [0.25, 0.3) is 10.9 Å². The summed E-state index contributed by atoms with van der Waals surface area (Å²) < 4.78 is 1.35. The van der Waals surface area contributed by atoms with Gasteiger partial charge in [0.25, 0.3) is 0 Å². The summed E-state index contributed by atoms with van der Waals surface area (Å²) in [5, 5.41) is 1.48. The van der Waals surface area contributed by atoms with Crippen molar-refractivity contribution in [1.29, 1.82) is 0 Å². The average Bonchev–Trinajstić information content (AvgIpc) is 2.89. The SMILES string of the molecule is CCCCCCCCC1CCCc2c1[nH]c1ccc(I)cc21. The van der Waals surface area contributed by atoms with E-state index in [1.807, 2.05) is 0 Å². The van der Waals surface area contributed by atoms with Crippen LogP contribution in [0, 0.1) is 3.57 Å². The Bertz CT molecular complexity index is 613. The fourth-order valence-corrected chi connectivity index (χ4v) is 4.48. The second-order valence-corrected chi connectivity index (χ2v) is 8.10. The van der Waals surface area contributed by atoms with Gasteiger partial charge in [-0.25, -0.2) is 0 Å². The third kappa shape index (κ3) is 3.69. The molecule has 0 bridgehead atoms. The summed E-state index contributed by atoms with van der Waals surface area (Å²) in [5.41, 5.74) is 4.54. The predicted molar refractivity (Wildman–Crippen MR) is 105 cm³/mol. The second-order valence-electron chi connectivity index (χ2n) is 6.85. The molecule has 0 fully saturated rings. The van der Waals surface area contributed by atoms with Gasteiger partial charge in [-0.1, -0.05) is 45.4 Å². The van der Waals surface area contributed by atoms with Gasteiger partial charge in [-0.3, -0.25) is 0 Å². The molecule has 1 nitrogen and oxygen atoms in total.